The largest absolute Gasteiger partial charge is 0.456 e. The molecule has 7 aliphatic rings. The molecular formula is C115H86B2N4O2S. The van der Waals surface area contributed by atoms with Crippen LogP contribution in [0.3, 0.4) is 0 Å². The lowest BCUT2D eigenvalue weighted by molar-refractivity contribution is 0.590. The molecule has 0 N–H and O–H groups in total. The molecule has 3 aliphatic carbocycles. The lowest BCUT2D eigenvalue weighted by Crippen LogP contribution is -2.60. The zero-order chi connectivity index (χ0) is 83.2. The summed E-state index contributed by atoms with van der Waals surface area (Å²) < 4.78 is 22.1. The van der Waals surface area contributed by atoms with Crippen molar-refractivity contribution in [3.63, 3.8) is 0 Å². The Morgan fingerprint density at radius 2 is 0.742 bits per heavy atom. The molecule has 0 atom stereocenters. The molecular weight excluding hydrogens is 1520 g/mol. The molecule has 9 heteroatoms. The minimum atomic E-state index is -0.235. The number of nitrogens with zero attached hydrogens (tertiary/aromatic N) is 4. The molecule has 0 spiro atoms. The SMILES string of the molecule is Cc1cc2c3c4c1c1cc5oc6ccccc6c5cc1n4-c1cc4c(cc1B3N(c1ccc(C(C)(C)C)cc1)c1cc3c(cc1-2)sc1c(-c2ccc5c(c2)oc2cc6c7c(C)cc8c9c7n(c6cc25)-c2cc5c(cc2B9N(c2ccc(C(C)(C)C)cc2)c2cc6c(cc2-8)C(C)(C)c2ccccc2-6)-c2ccccc2C5(C)C)cccc13)-c1ccccc1C4(C)C. The van der Waals surface area contributed by atoms with Crippen molar-refractivity contribution >= 4 is 177 Å². The average molecular weight is 1610 g/mol. The molecule has 6 nitrogen and oxygen atoms in total. The molecule has 16 aromatic carbocycles. The fourth-order valence-electron chi connectivity index (χ4n) is 24.9. The molecule has 0 unspecified atom stereocenters. The number of hydrogen-bond acceptors (Lipinski definition) is 5. The third kappa shape index (κ3) is 8.65. The minimum absolute atomic E-state index is 0.0153. The molecule has 0 saturated carbocycles. The van der Waals surface area contributed by atoms with Gasteiger partial charge < -0.3 is 27.6 Å². The molecule has 9 heterocycles. The summed E-state index contributed by atoms with van der Waals surface area (Å²) in [5, 5.41) is 12.0. The van der Waals surface area contributed by atoms with Crippen LogP contribution >= 0.6 is 11.3 Å². The number of rotatable bonds is 3. The van der Waals surface area contributed by atoms with Crippen molar-refractivity contribution in [1.29, 1.82) is 0 Å². The summed E-state index contributed by atoms with van der Waals surface area (Å²) in [6, 6.07) is 105. The monoisotopic (exact) mass is 1610 g/mol. The first kappa shape index (κ1) is 70.2. The normalized spacial score (nSPS) is 15.5. The van der Waals surface area contributed by atoms with Crippen molar-refractivity contribution < 1.29 is 8.83 Å². The molecule has 21 aromatic rings. The second-order valence-corrected chi connectivity index (χ2v) is 41.8. The van der Waals surface area contributed by atoms with Gasteiger partial charge in [-0.15, -0.1) is 11.3 Å². The molecule has 5 aromatic heterocycles. The third-order valence-electron chi connectivity index (χ3n) is 31.0. The van der Waals surface area contributed by atoms with Gasteiger partial charge in [-0.25, -0.2) is 0 Å². The van der Waals surface area contributed by atoms with Crippen LogP contribution in [0.4, 0.5) is 22.7 Å². The first-order valence-corrected chi connectivity index (χ1v) is 45.2. The van der Waals surface area contributed by atoms with Crippen molar-refractivity contribution in [2.75, 3.05) is 9.62 Å². The summed E-state index contributed by atoms with van der Waals surface area (Å²) in [6.45, 7) is 32.9. The van der Waals surface area contributed by atoms with E-state index < -0.39 is 0 Å². The minimum Gasteiger partial charge on any atom is -0.456 e. The Bertz CT molecular complexity index is 8650. The van der Waals surface area contributed by atoms with Gasteiger partial charge in [-0.2, -0.15) is 0 Å². The standard InChI is InChI=1S/C115H86B2N4O2S/c1-59-44-81-76-47-88-75(69-26-17-21-32-87(69)113(88,9)10)50-95(76)120(64-39-35-62(36-40-64)111(3,4)5)116-91-48-73-67-24-15-19-30-85(67)114(11,12)89(73)57-97(91)119-94-52-79-71-43-34-61(46-100(71)123-102(79)55-84(94)104(59)108(119)106(81)116)66-28-23-29-72-80-53-96-77(56-103(80)124-110(66)72)82-45-60(2)105-83-54-101-78(70-27-18-22-33-99(70)122-101)51-93(83)118-98-58-90-74(68-25-16-20-31-86(68)115(90,13)14)49-92(98)117(107(82)109(105)118)121(96)65-41-37-63(38-42-65)112(6,7)8/h15-58H,1-14H3. The maximum atomic E-state index is 7.43. The summed E-state index contributed by atoms with van der Waals surface area (Å²) in [5.74, 6) is 0. The van der Waals surface area contributed by atoms with Gasteiger partial charge in [0.15, 0.2) is 0 Å². The van der Waals surface area contributed by atoms with E-state index in [1.54, 1.807) is 0 Å². The van der Waals surface area contributed by atoms with Gasteiger partial charge in [0.25, 0.3) is 0 Å². The Hall–Kier alpha value is -13.3. The lowest BCUT2D eigenvalue weighted by Gasteiger charge is -2.43. The van der Waals surface area contributed by atoms with Crippen LogP contribution in [0.15, 0.2) is 276 Å². The Morgan fingerprint density at radius 3 is 1.27 bits per heavy atom. The highest BCUT2D eigenvalue weighted by Crippen LogP contribution is 2.60. The van der Waals surface area contributed by atoms with E-state index in [0.717, 1.165) is 49.4 Å². The highest BCUT2D eigenvalue weighted by molar-refractivity contribution is 7.26. The predicted molar refractivity (Wildman–Crippen MR) is 526 cm³/mol. The fraction of sp³-hybridized carbons (Fsp3) is 0.165. The molecule has 124 heavy (non-hydrogen) atoms. The van der Waals surface area contributed by atoms with Crippen LogP contribution in [0.1, 0.15) is 139 Å². The summed E-state index contributed by atoms with van der Waals surface area (Å²) in [4.78, 5) is 5.48. The highest BCUT2D eigenvalue weighted by Gasteiger charge is 2.51. The van der Waals surface area contributed by atoms with Crippen molar-refractivity contribution in [3.8, 4) is 78.1 Å². The molecule has 590 valence electrons. The Labute approximate surface area is 724 Å². The zero-order valence-corrected chi connectivity index (χ0v) is 72.9. The maximum Gasteiger partial charge on any atom is 0.333 e. The van der Waals surface area contributed by atoms with Crippen LogP contribution in [0.2, 0.25) is 0 Å². The highest BCUT2D eigenvalue weighted by atomic mass is 32.1. The Balaban J connectivity index is 0.648. The maximum absolute atomic E-state index is 7.43. The van der Waals surface area contributed by atoms with E-state index >= 15 is 0 Å². The molecule has 0 bridgehead atoms. The van der Waals surface area contributed by atoms with Crippen LogP contribution in [-0.2, 0) is 27.1 Å². The van der Waals surface area contributed by atoms with Crippen molar-refractivity contribution in [2.24, 2.45) is 0 Å². The van der Waals surface area contributed by atoms with Gasteiger partial charge in [0.05, 0.1) is 22.1 Å². The zero-order valence-electron chi connectivity index (χ0n) is 72.1. The van der Waals surface area contributed by atoms with Crippen molar-refractivity contribution in [2.45, 2.75) is 124 Å². The number of benzene rings is 16. The topological polar surface area (TPSA) is 42.6 Å². The summed E-state index contributed by atoms with van der Waals surface area (Å²) in [6.07, 6.45) is 0. The smallest absolute Gasteiger partial charge is 0.333 e. The fourth-order valence-corrected chi connectivity index (χ4v) is 26.2. The van der Waals surface area contributed by atoms with E-state index in [1.807, 2.05) is 11.3 Å². The van der Waals surface area contributed by atoms with Gasteiger partial charge >= 0.3 is 13.7 Å². The molecule has 28 rings (SSSR count). The van der Waals surface area contributed by atoms with Gasteiger partial charge in [-0.3, -0.25) is 0 Å². The molecule has 4 aliphatic heterocycles. The number of aromatic nitrogens is 2. The molecule has 0 fully saturated rings. The molecule has 0 saturated heterocycles. The van der Waals surface area contributed by atoms with Gasteiger partial charge in [0.2, 0.25) is 0 Å². The predicted octanol–water partition coefficient (Wildman–Crippen LogP) is 28.3. The summed E-state index contributed by atoms with van der Waals surface area (Å²) in [5.41, 5.74) is 49.3. The number of thiophene rings is 1. The van der Waals surface area contributed by atoms with E-state index in [2.05, 4.69) is 383 Å². The second kappa shape index (κ2) is 22.9. The van der Waals surface area contributed by atoms with E-state index in [1.165, 1.54) is 237 Å². The number of aryl methyl sites for hydroxylation is 2. The Kier molecular flexibility index (Phi) is 13.0. The van der Waals surface area contributed by atoms with Crippen LogP contribution < -0.4 is 31.5 Å². The summed E-state index contributed by atoms with van der Waals surface area (Å²) >= 11 is 1.92. The lowest BCUT2D eigenvalue weighted by atomic mass is 9.43. The van der Waals surface area contributed by atoms with Crippen LogP contribution in [0.5, 0.6) is 0 Å². The van der Waals surface area contributed by atoms with Crippen LogP contribution in [-0.4, -0.2) is 22.8 Å². The van der Waals surface area contributed by atoms with Crippen molar-refractivity contribution in [3.05, 3.63) is 323 Å². The van der Waals surface area contributed by atoms with E-state index in [-0.39, 0.29) is 40.8 Å². The number of para-hydroxylation sites is 1. The first-order chi connectivity index (χ1) is 59.8. The third-order valence-corrected chi connectivity index (χ3v) is 32.2. The quantitative estimate of drug-likeness (QED) is 0.165. The van der Waals surface area contributed by atoms with E-state index in [9.17, 15) is 0 Å². The van der Waals surface area contributed by atoms with Crippen LogP contribution in [0, 0.1) is 13.8 Å². The van der Waals surface area contributed by atoms with Gasteiger partial charge in [0.1, 0.15) is 22.3 Å². The number of fused-ring (bicyclic) bond motifs is 34. The van der Waals surface area contributed by atoms with Gasteiger partial charge in [-0.05, 0) is 261 Å². The van der Waals surface area contributed by atoms with E-state index in [4.69, 9.17) is 8.83 Å². The first-order valence-electron chi connectivity index (χ1n) is 44.4. The summed E-state index contributed by atoms with van der Waals surface area (Å²) in [7, 11) is 0. The van der Waals surface area contributed by atoms with Crippen LogP contribution in [0.25, 0.3) is 186 Å². The number of hydrogen-bond donors (Lipinski definition) is 0. The van der Waals surface area contributed by atoms with Gasteiger partial charge in [0, 0.05) is 125 Å². The van der Waals surface area contributed by atoms with Gasteiger partial charge in [-0.1, -0.05) is 247 Å². The Morgan fingerprint density at radius 1 is 0.306 bits per heavy atom. The average Bonchev–Trinajstić information content (AvgIpc) is 1.47. The number of anilines is 4. The molecule has 0 amide bonds. The van der Waals surface area contributed by atoms with E-state index in [0.29, 0.717) is 0 Å². The second-order valence-electron chi connectivity index (χ2n) is 40.7. The van der Waals surface area contributed by atoms with Crippen molar-refractivity contribution in [1.82, 2.24) is 9.13 Å². The molecule has 0 radical (unpaired) electrons. The number of furan rings is 2.